The molecule has 0 heterocycles. The molecule has 1 radical (unpaired) electrons. The van der Waals surface area contributed by atoms with Crippen molar-refractivity contribution in [3.05, 3.63) is 77.6 Å². The third-order valence-electron chi connectivity index (χ3n) is 4.87. The zero-order chi connectivity index (χ0) is 16.5. The lowest BCUT2D eigenvalue weighted by molar-refractivity contribution is 0.745. The molecule has 0 atom stereocenters. The van der Waals surface area contributed by atoms with Crippen molar-refractivity contribution in [1.82, 2.24) is 0 Å². The Morgan fingerprint density at radius 2 is 1.21 bits per heavy atom. The van der Waals surface area contributed by atoms with E-state index >= 15 is 0 Å². The quantitative estimate of drug-likeness (QED) is 0.256. The minimum atomic E-state index is 1.01. The molecule has 4 aromatic rings. The van der Waals surface area contributed by atoms with Gasteiger partial charge in [0.05, 0.1) is 0 Å². The summed E-state index contributed by atoms with van der Waals surface area (Å²) in [7, 11) is 0. The topological polar surface area (TPSA) is 0 Å². The predicted octanol–water partition coefficient (Wildman–Crippen LogP) is 7.46. The Morgan fingerprint density at radius 1 is 0.667 bits per heavy atom. The lowest BCUT2D eigenvalue weighted by atomic mass is 9.92. The first-order valence-corrected chi connectivity index (χ1v) is 9.40. The van der Waals surface area contributed by atoms with Crippen molar-refractivity contribution in [1.29, 1.82) is 0 Å². The fraction of sp³-hybridized carbons (Fsp3) is 0.174. The average Bonchev–Trinajstić information content (AvgIpc) is 2.63. The number of hydrogen-bond donors (Lipinski definition) is 0. The number of benzene rings is 4. The molecule has 0 aliphatic carbocycles. The van der Waals surface area contributed by atoms with Crippen LogP contribution < -0.4 is 0 Å². The molecule has 24 heavy (non-hydrogen) atoms. The average molecular weight is 376 g/mol. The number of aryl methyl sites for hydroxylation is 1. The highest BCUT2D eigenvalue weighted by atomic mass is 79.9. The fourth-order valence-electron chi connectivity index (χ4n) is 3.68. The summed E-state index contributed by atoms with van der Waals surface area (Å²) < 4.78 is 1.26. The number of halogens is 1. The van der Waals surface area contributed by atoms with Crippen molar-refractivity contribution in [2.45, 2.75) is 25.7 Å². The standard InChI is InChI=1S/C23H20Br/c1-2-3-4-9-16-14-15-21-19-12-6-5-10-17(19)18-11-7-8-13-20(18)22(21)23(16)24/h5-8,10-15H,1-4,9H2. The van der Waals surface area contributed by atoms with Gasteiger partial charge in [0, 0.05) is 9.86 Å². The smallest absolute Gasteiger partial charge is 0.0292 e. The minimum Gasteiger partial charge on any atom is -0.0616 e. The Morgan fingerprint density at radius 3 is 1.83 bits per heavy atom. The van der Waals surface area contributed by atoms with E-state index in [4.69, 9.17) is 0 Å². The van der Waals surface area contributed by atoms with Crippen molar-refractivity contribution >= 4 is 48.2 Å². The molecule has 0 N–H and O–H groups in total. The monoisotopic (exact) mass is 375 g/mol. The van der Waals surface area contributed by atoms with Gasteiger partial charge in [0.2, 0.25) is 0 Å². The van der Waals surface area contributed by atoms with Crippen LogP contribution in [0.1, 0.15) is 24.8 Å². The molecule has 0 aromatic heterocycles. The van der Waals surface area contributed by atoms with E-state index in [0.29, 0.717) is 0 Å². The molecule has 119 valence electrons. The van der Waals surface area contributed by atoms with Gasteiger partial charge in [-0.1, -0.05) is 80.4 Å². The van der Waals surface area contributed by atoms with E-state index in [1.54, 1.807) is 0 Å². The maximum absolute atomic E-state index is 3.95. The number of unbranched alkanes of at least 4 members (excludes halogenated alkanes) is 2. The first kappa shape index (κ1) is 15.7. The molecule has 0 aliphatic heterocycles. The van der Waals surface area contributed by atoms with Crippen LogP contribution in [0.2, 0.25) is 0 Å². The molecular formula is C23H20Br. The van der Waals surface area contributed by atoms with Gasteiger partial charge in [-0.05, 0) is 61.3 Å². The zero-order valence-corrected chi connectivity index (χ0v) is 15.3. The SMILES string of the molecule is [CH2]CCCCc1ccc2c3ccccc3c3ccccc3c2c1Br. The summed E-state index contributed by atoms with van der Waals surface area (Å²) in [6, 6.07) is 22.1. The summed E-state index contributed by atoms with van der Waals surface area (Å²) in [5, 5.41) is 8.00. The van der Waals surface area contributed by atoms with Gasteiger partial charge in [0.25, 0.3) is 0 Å². The van der Waals surface area contributed by atoms with Gasteiger partial charge in [-0.3, -0.25) is 0 Å². The van der Waals surface area contributed by atoms with Crippen molar-refractivity contribution < 1.29 is 0 Å². The lowest BCUT2D eigenvalue weighted by Crippen LogP contribution is -1.91. The summed E-state index contributed by atoms with van der Waals surface area (Å²) in [4.78, 5) is 0. The molecule has 0 nitrogen and oxygen atoms in total. The Kier molecular flexibility index (Phi) is 4.28. The van der Waals surface area contributed by atoms with Crippen LogP contribution >= 0.6 is 15.9 Å². The maximum Gasteiger partial charge on any atom is 0.0292 e. The van der Waals surface area contributed by atoms with Crippen LogP contribution in [0, 0.1) is 6.92 Å². The predicted molar refractivity (Wildman–Crippen MR) is 110 cm³/mol. The summed E-state index contributed by atoms with van der Waals surface area (Å²) in [6.45, 7) is 3.95. The van der Waals surface area contributed by atoms with Crippen LogP contribution in [0.4, 0.5) is 0 Å². The van der Waals surface area contributed by atoms with Crippen LogP contribution in [0.5, 0.6) is 0 Å². The van der Waals surface area contributed by atoms with Crippen molar-refractivity contribution in [2.24, 2.45) is 0 Å². The number of fused-ring (bicyclic) bond motifs is 6. The van der Waals surface area contributed by atoms with Gasteiger partial charge < -0.3 is 0 Å². The van der Waals surface area contributed by atoms with Gasteiger partial charge >= 0.3 is 0 Å². The largest absolute Gasteiger partial charge is 0.0616 e. The van der Waals surface area contributed by atoms with Crippen LogP contribution in [0.15, 0.2) is 65.1 Å². The Bertz CT molecular complexity index is 995. The Balaban J connectivity index is 2.07. The van der Waals surface area contributed by atoms with Gasteiger partial charge in [-0.25, -0.2) is 0 Å². The fourth-order valence-corrected chi connectivity index (χ4v) is 4.44. The van der Waals surface area contributed by atoms with E-state index in [2.05, 4.69) is 83.5 Å². The van der Waals surface area contributed by atoms with Gasteiger partial charge in [-0.2, -0.15) is 0 Å². The highest BCUT2D eigenvalue weighted by Crippen LogP contribution is 2.40. The second-order valence-electron chi connectivity index (χ2n) is 6.36. The van der Waals surface area contributed by atoms with Crippen molar-refractivity contribution in [3.63, 3.8) is 0 Å². The third-order valence-corrected chi connectivity index (χ3v) is 5.78. The third kappa shape index (κ3) is 2.52. The Labute approximate surface area is 151 Å². The van der Waals surface area contributed by atoms with E-state index in [1.807, 2.05) is 0 Å². The van der Waals surface area contributed by atoms with E-state index in [9.17, 15) is 0 Å². The van der Waals surface area contributed by atoms with Crippen LogP contribution in [0.25, 0.3) is 32.3 Å². The Hall–Kier alpha value is -1.86. The minimum absolute atomic E-state index is 1.01. The van der Waals surface area contributed by atoms with Crippen molar-refractivity contribution in [2.75, 3.05) is 0 Å². The summed E-state index contributed by atoms with van der Waals surface area (Å²) in [5.74, 6) is 0. The van der Waals surface area contributed by atoms with Gasteiger partial charge in [0.1, 0.15) is 0 Å². The van der Waals surface area contributed by atoms with Crippen LogP contribution in [0.3, 0.4) is 0 Å². The first-order valence-electron chi connectivity index (χ1n) is 8.61. The zero-order valence-electron chi connectivity index (χ0n) is 13.7. The highest BCUT2D eigenvalue weighted by molar-refractivity contribution is 9.10. The lowest BCUT2D eigenvalue weighted by Gasteiger charge is -2.14. The summed E-state index contributed by atoms with van der Waals surface area (Å²) >= 11 is 3.93. The molecule has 0 unspecified atom stereocenters. The second kappa shape index (κ2) is 6.57. The summed E-state index contributed by atoms with van der Waals surface area (Å²) in [5.41, 5.74) is 1.40. The molecule has 0 spiro atoms. The van der Waals surface area contributed by atoms with Crippen LogP contribution in [-0.2, 0) is 6.42 Å². The number of hydrogen-bond acceptors (Lipinski definition) is 0. The van der Waals surface area contributed by atoms with Gasteiger partial charge in [0.15, 0.2) is 0 Å². The molecule has 0 saturated carbocycles. The highest BCUT2D eigenvalue weighted by Gasteiger charge is 2.12. The van der Waals surface area contributed by atoms with Crippen molar-refractivity contribution in [3.8, 4) is 0 Å². The van der Waals surface area contributed by atoms with E-state index in [1.165, 1.54) is 55.2 Å². The maximum atomic E-state index is 3.95. The molecule has 1 heteroatoms. The van der Waals surface area contributed by atoms with E-state index < -0.39 is 0 Å². The molecular weight excluding hydrogens is 356 g/mol. The molecule has 0 bridgehead atoms. The van der Waals surface area contributed by atoms with E-state index in [0.717, 1.165) is 12.8 Å². The molecule has 0 aliphatic rings. The first-order chi connectivity index (χ1) is 11.8. The second-order valence-corrected chi connectivity index (χ2v) is 7.16. The van der Waals surface area contributed by atoms with Crippen LogP contribution in [-0.4, -0.2) is 0 Å². The molecule has 0 saturated heterocycles. The molecule has 0 amide bonds. The number of rotatable bonds is 4. The molecule has 0 fully saturated rings. The van der Waals surface area contributed by atoms with E-state index in [-0.39, 0.29) is 0 Å². The van der Waals surface area contributed by atoms with Gasteiger partial charge in [-0.15, -0.1) is 0 Å². The summed E-state index contributed by atoms with van der Waals surface area (Å²) in [6.07, 6.45) is 4.49. The normalized spacial score (nSPS) is 11.6. The molecule has 4 rings (SSSR count). The molecule has 4 aromatic carbocycles.